The van der Waals surface area contributed by atoms with Crippen LogP contribution < -0.4 is 5.73 Å². The topological polar surface area (TPSA) is 26.0 Å². The van der Waals surface area contributed by atoms with Crippen LogP contribution in [0.1, 0.15) is 20.8 Å². The average molecular weight is 125 g/mol. The highest BCUT2D eigenvalue weighted by Crippen LogP contribution is 2.08. The van der Waals surface area contributed by atoms with Gasteiger partial charge >= 0.3 is 0 Å². The third-order valence-electron chi connectivity index (χ3n) is 1.22. The van der Waals surface area contributed by atoms with Crippen molar-refractivity contribution < 1.29 is 0 Å². The van der Waals surface area contributed by atoms with Crippen molar-refractivity contribution in [2.24, 2.45) is 11.7 Å². The summed E-state index contributed by atoms with van der Waals surface area (Å²) in [5.41, 5.74) is 6.54. The summed E-state index contributed by atoms with van der Waals surface area (Å²) in [5.74, 6) is 0.534. The molecule has 9 heavy (non-hydrogen) atoms. The normalized spacial score (nSPS) is 13.6. The Morgan fingerprint density at radius 1 is 1.44 bits per heavy atom. The Morgan fingerprint density at radius 3 is 2.11 bits per heavy atom. The van der Waals surface area contributed by atoms with Crippen molar-refractivity contribution >= 4 is 0 Å². The van der Waals surface area contributed by atoms with E-state index in [1.807, 2.05) is 19.1 Å². The molecule has 1 heteroatoms. The number of rotatable bonds is 2. The third kappa shape index (κ3) is 2.96. The molecule has 0 aliphatic heterocycles. The number of hydrogen-bond acceptors (Lipinski definition) is 1. The summed E-state index contributed by atoms with van der Waals surface area (Å²) < 4.78 is 0. The van der Waals surface area contributed by atoms with Gasteiger partial charge in [-0.25, -0.2) is 0 Å². The molecule has 0 saturated heterocycles. The lowest BCUT2D eigenvalue weighted by molar-refractivity contribution is 0.788. The fourth-order valence-corrected chi connectivity index (χ4v) is 0.633. The van der Waals surface area contributed by atoms with Crippen LogP contribution in [0.3, 0.4) is 0 Å². The molecule has 0 aromatic rings. The lowest BCUT2D eigenvalue weighted by Gasteiger charge is -2.02. The molecule has 1 nitrogen and oxygen atoms in total. The van der Waals surface area contributed by atoms with Crippen LogP contribution in [0.2, 0.25) is 0 Å². The van der Waals surface area contributed by atoms with Crippen molar-refractivity contribution in [1.29, 1.82) is 0 Å². The van der Waals surface area contributed by atoms with Gasteiger partial charge in [-0.1, -0.05) is 26.0 Å². The minimum absolute atomic E-state index is 0.534. The van der Waals surface area contributed by atoms with E-state index in [4.69, 9.17) is 5.73 Å². The Hall–Kier alpha value is -0.720. The van der Waals surface area contributed by atoms with Crippen molar-refractivity contribution in [3.05, 3.63) is 23.9 Å². The van der Waals surface area contributed by atoms with E-state index < -0.39 is 0 Å². The van der Waals surface area contributed by atoms with Gasteiger partial charge in [-0.15, -0.1) is 0 Å². The summed E-state index contributed by atoms with van der Waals surface area (Å²) in [6.07, 6.45) is 5.69. The Labute approximate surface area is 57.3 Å². The van der Waals surface area contributed by atoms with Crippen LogP contribution in [-0.2, 0) is 0 Å². The number of hydrogen-bond donors (Lipinski definition) is 1. The average Bonchev–Trinajstić information content (AvgIpc) is 1.82. The first kappa shape index (κ1) is 8.28. The van der Waals surface area contributed by atoms with Gasteiger partial charge in [-0.3, -0.25) is 0 Å². The molecule has 0 spiro atoms. The van der Waals surface area contributed by atoms with Crippen LogP contribution in [0.5, 0.6) is 0 Å². The third-order valence-corrected chi connectivity index (χ3v) is 1.22. The lowest BCUT2D eigenvalue weighted by atomic mass is 10.0. The Bertz CT molecular complexity index is 121. The first-order valence-electron chi connectivity index (χ1n) is 3.26. The standard InChI is InChI=1S/C8H15N/c1-4-5-8(6-9)7(2)3/h4-7H,9H2,1-3H3/b5-4-,8-6+. The zero-order chi connectivity index (χ0) is 7.28. The molecular weight excluding hydrogens is 110 g/mol. The van der Waals surface area contributed by atoms with Crippen LogP contribution in [0.25, 0.3) is 0 Å². The van der Waals surface area contributed by atoms with Gasteiger partial charge in [-0.2, -0.15) is 0 Å². The van der Waals surface area contributed by atoms with Gasteiger partial charge in [0.2, 0.25) is 0 Å². The zero-order valence-corrected chi connectivity index (χ0v) is 6.39. The van der Waals surface area contributed by atoms with E-state index in [0.29, 0.717) is 5.92 Å². The first-order chi connectivity index (χ1) is 4.22. The highest BCUT2D eigenvalue weighted by atomic mass is 14.5. The van der Waals surface area contributed by atoms with Crippen molar-refractivity contribution in [2.75, 3.05) is 0 Å². The summed E-state index contributed by atoms with van der Waals surface area (Å²) >= 11 is 0. The van der Waals surface area contributed by atoms with Gasteiger partial charge < -0.3 is 5.73 Å². The predicted molar refractivity (Wildman–Crippen MR) is 41.9 cm³/mol. The Balaban J connectivity index is 4.01. The minimum atomic E-state index is 0.534. The molecule has 2 N–H and O–H groups in total. The van der Waals surface area contributed by atoms with E-state index in [1.165, 1.54) is 5.57 Å². The van der Waals surface area contributed by atoms with E-state index in [1.54, 1.807) is 6.20 Å². The monoisotopic (exact) mass is 125 g/mol. The van der Waals surface area contributed by atoms with Crippen molar-refractivity contribution in [2.45, 2.75) is 20.8 Å². The maximum atomic E-state index is 5.35. The molecule has 0 aromatic heterocycles. The quantitative estimate of drug-likeness (QED) is 0.562. The lowest BCUT2D eigenvalue weighted by Crippen LogP contribution is -1.93. The van der Waals surface area contributed by atoms with E-state index in [0.717, 1.165) is 0 Å². The second-order valence-electron chi connectivity index (χ2n) is 2.32. The summed E-state index contributed by atoms with van der Waals surface area (Å²) in [7, 11) is 0. The van der Waals surface area contributed by atoms with Gasteiger partial charge in [0, 0.05) is 0 Å². The number of allylic oxidation sites excluding steroid dienone is 3. The highest BCUT2D eigenvalue weighted by Gasteiger charge is 1.94. The molecule has 0 atom stereocenters. The van der Waals surface area contributed by atoms with Crippen molar-refractivity contribution in [1.82, 2.24) is 0 Å². The molecule has 0 bridgehead atoms. The molecule has 0 fully saturated rings. The smallest absolute Gasteiger partial charge is 0.00272 e. The second-order valence-corrected chi connectivity index (χ2v) is 2.32. The fourth-order valence-electron chi connectivity index (χ4n) is 0.633. The number of nitrogens with two attached hydrogens (primary N) is 1. The Kier molecular flexibility index (Phi) is 3.85. The summed E-state index contributed by atoms with van der Waals surface area (Å²) in [4.78, 5) is 0. The van der Waals surface area contributed by atoms with E-state index in [9.17, 15) is 0 Å². The first-order valence-corrected chi connectivity index (χ1v) is 3.26. The van der Waals surface area contributed by atoms with Crippen LogP contribution in [0.15, 0.2) is 23.9 Å². The van der Waals surface area contributed by atoms with Crippen LogP contribution >= 0.6 is 0 Å². The molecule has 52 valence electrons. The van der Waals surface area contributed by atoms with Crippen molar-refractivity contribution in [3.8, 4) is 0 Å². The van der Waals surface area contributed by atoms with E-state index >= 15 is 0 Å². The SMILES string of the molecule is C/C=C\C(=C/N)C(C)C. The maximum Gasteiger partial charge on any atom is -0.00272 e. The largest absolute Gasteiger partial charge is 0.404 e. The summed E-state index contributed by atoms with van der Waals surface area (Å²) in [6, 6.07) is 0. The predicted octanol–water partition coefficient (Wildman–Crippen LogP) is 2.06. The maximum absolute atomic E-state index is 5.35. The molecule has 0 saturated carbocycles. The molecule has 0 heterocycles. The van der Waals surface area contributed by atoms with Gasteiger partial charge in [0.25, 0.3) is 0 Å². The summed E-state index contributed by atoms with van der Waals surface area (Å²) in [5, 5.41) is 0. The van der Waals surface area contributed by atoms with Crippen LogP contribution in [0, 0.1) is 5.92 Å². The van der Waals surface area contributed by atoms with Crippen LogP contribution in [0.4, 0.5) is 0 Å². The van der Waals surface area contributed by atoms with Gasteiger partial charge in [-0.05, 0) is 24.6 Å². The molecule has 0 unspecified atom stereocenters. The van der Waals surface area contributed by atoms with Crippen LogP contribution in [-0.4, -0.2) is 0 Å². The molecule has 0 aliphatic rings. The van der Waals surface area contributed by atoms with Crippen molar-refractivity contribution in [3.63, 3.8) is 0 Å². The molecule has 0 rings (SSSR count). The van der Waals surface area contributed by atoms with Gasteiger partial charge in [0.15, 0.2) is 0 Å². The van der Waals surface area contributed by atoms with E-state index in [2.05, 4.69) is 13.8 Å². The zero-order valence-electron chi connectivity index (χ0n) is 6.39. The summed E-state index contributed by atoms with van der Waals surface area (Å²) in [6.45, 7) is 6.24. The van der Waals surface area contributed by atoms with Gasteiger partial charge in [0.05, 0.1) is 0 Å². The second kappa shape index (κ2) is 4.19. The molecule has 0 amide bonds. The molecule has 0 aliphatic carbocycles. The van der Waals surface area contributed by atoms with E-state index in [-0.39, 0.29) is 0 Å². The molecular formula is C8H15N. The van der Waals surface area contributed by atoms with Gasteiger partial charge in [0.1, 0.15) is 0 Å². The highest BCUT2D eigenvalue weighted by molar-refractivity contribution is 5.18. The molecule has 0 radical (unpaired) electrons. The molecule has 0 aromatic carbocycles. The minimum Gasteiger partial charge on any atom is -0.404 e. The Morgan fingerprint density at radius 2 is 2.00 bits per heavy atom. The fraction of sp³-hybridized carbons (Fsp3) is 0.500.